The maximum atomic E-state index is 12.8. The second kappa shape index (κ2) is 10.5. The Balaban J connectivity index is 1.19. The number of aromatic nitrogens is 3. The maximum absolute atomic E-state index is 12.8. The minimum absolute atomic E-state index is 0.0438. The van der Waals surface area contributed by atoms with Crippen LogP contribution in [-0.4, -0.2) is 66.9 Å². The molecule has 0 bridgehead atoms. The highest BCUT2D eigenvalue weighted by atomic mass is 32.2. The molecular weight excluding hydrogens is 530 g/mol. The summed E-state index contributed by atoms with van der Waals surface area (Å²) < 4.78 is 36.0. The smallest absolute Gasteiger partial charge is 0.251 e. The summed E-state index contributed by atoms with van der Waals surface area (Å²) >= 11 is 0. The van der Waals surface area contributed by atoms with Gasteiger partial charge >= 0.3 is 0 Å². The zero-order chi connectivity index (χ0) is 27.9. The molecule has 11 heteroatoms. The molecule has 6 rings (SSSR count). The number of ether oxygens (including phenoxy) is 2. The van der Waals surface area contributed by atoms with Crippen LogP contribution in [0.5, 0.6) is 5.75 Å². The van der Waals surface area contributed by atoms with E-state index in [9.17, 15) is 13.2 Å². The molecule has 3 aromatic heterocycles. The molecule has 0 unspecified atom stereocenters. The fraction of sp³-hybridized carbons (Fsp3) is 0.310. The number of benzene rings is 1. The van der Waals surface area contributed by atoms with E-state index in [1.807, 2.05) is 36.4 Å². The Morgan fingerprint density at radius 3 is 2.65 bits per heavy atom. The molecule has 1 N–H and O–H groups in total. The van der Waals surface area contributed by atoms with E-state index in [2.05, 4.69) is 29.0 Å². The predicted molar refractivity (Wildman–Crippen MR) is 150 cm³/mol. The molecule has 0 spiro atoms. The zero-order valence-corrected chi connectivity index (χ0v) is 23.0. The molecule has 1 fully saturated rings. The van der Waals surface area contributed by atoms with Crippen molar-refractivity contribution in [2.75, 3.05) is 30.3 Å². The molecule has 0 aliphatic carbocycles. The van der Waals surface area contributed by atoms with Gasteiger partial charge in [0.05, 0.1) is 47.1 Å². The molecule has 5 heterocycles. The number of pyridine rings is 3. The summed E-state index contributed by atoms with van der Waals surface area (Å²) in [5, 5.41) is 3.68. The van der Waals surface area contributed by atoms with Crippen molar-refractivity contribution < 1.29 is 22.7 Å². The predicted octanol–water partition coefficient (Wildman–Crippen LogP) is 3.40. The van der Waals surface area contributed by atoms with Crippen LogP contribution < -0.4 is 15.0 Å². The quantitative estimate of drug-likeness (QED) is 0.392. The second-order valence-corrected chi connectivity index (χ2v) is 12.2. The van der Waals surface area contributed by atoms with Crippen LogP contribution in [0.1, 0.15) is 29.9 Å². The third kappa shape index (κ3) is 5.34. The number of morpholine rings is 1. The number of amides is 1. The highest BCUT2D eigenvalue weighted by molar-refractivity contribution is 7.91. The van der Waals surface area contributed by atoms with Gasteiger partial charge in [0.2, 0.25) is 0 Å². The first-order valence-electron chi connectivity index (χ1n) is 13.2. The molecular formula is C29H29N5O5S. The molecule has 1 amide bonds. The second-order valence-electron chi connectivity index (χ2n) is 10.1. The lowest BCUT2D eigenvalue weighted by Gasteiger charge is -2.36. The van der Waals surface area contributed by atoms with E-state index in [4.69, 9.17) is 19.4 Å². The van der Waals surface area contributed by atoms with Gasteiger partial charge in [0.25, 0.3) is 5.91 Å². The summed E-state index contributed by atoms with van der Waals surface area (Å²) in [6.07, 6.45) is 1.99. The van der Waals surface area contributed by atoms with Crippen LogP contribution >= 0.6 is 0 Å². The summed E-state index contributed by atoms with van der Waals surface area (Å²) in [6.45, 7) is 5.96. The van der Waals surface area contributed by atoms with Gasteiger partial charge in [0.1, 0.15) is 23.1 Å². The number of nitrogens with zero attached hydrogens (tertiary/aromatic N) is 4. The Morgan fingerprint density at radius 1 is 1.02 bits per heavy atom. The first kappa shape index (κ1) is 26.1. The summed E-state index contributed by atoms with van der Waals surface area (Å²) in [5.41, 5.74) is 3.10. The number of carbonyl (C=O) groups is 1. The molecule has 2 aliphatic heterocycles. The van der Waals surface area contributed by atoms with Gasteiger partial charge < -0.3 is 19.7 Å². The molecule has 2 aliphatic rings. The van der Waals surface area contributed by atoms with Gasteiger partial charge in [-0.25, -0.2) is 18.4 Å². The van der Waals surface area contributed by atoms with E-state index in [-0.39, 0.29) is 47.3 Å². The number of anilines is 1. The van der Waals surface area contributed by atoms with Crippen molar-refractivity contribution in [3.8, 4) is 17.1 Å². The third-order valence-electron chi connectivity index (χ3n) is 6.95. The van der Waals surface area contributed by atoms with Crippen LogP contribution in [0.2, 0.25) is 0 Å². The van der Waals surface area contributed by atoms with Gasteiger partial charge in [0.15, 0.2) is 9.84 Å². The van der Waals surface area contributed by atoms with Crippen LogP contribution in [0, 0.1) is 0 Å². The lowest BCUT2D eigenvalue weighted by Crippen LogP contribution is -2.45. The van der Waals surface area contributed by atoms with Gasteiger partial charge in [0, 0.05) is 30.2 Å². The summed E-state index contributed by atoms with van der Waals surface area (Å²) in [5.74, 6) is 0.656. The molecule has 0 saturated carbocycles. The van der Waals surface area contributed by atoms with Gasteiger partial charge in [-0.05, 0) is 62.4 Å². The highest BCUT2D eigenvalue weighted by Crippen LogP contribution is 2.29. The van der Waals surface area contributed by atoms with Crippen LogP contribution in [0.3, 0.4) is 0 Å². The fourth-order valence-corrected chi connectivity index (χ4v) is 6.32. The van der Waals surface area contributed by atoms with E-state index < -0.39 is 15.7 Å². The lowest BCUT2D eigenvalue weighted by molar-refractivity contribution is -0.00545. The monoisotopic (exact) mass is 559 g/mol. The van der Waals surface area contributed by atoms with E-state index in [1.54, 1.807) is 12.3 Å². The standard InChI is InChI=1S/C29H29N5O5S/c1-18-16-34(17-19(2)39-18)28-5-3-4-23(33-28)24-8-6-21-14-30-22(13-25(21)32-24)15-31-29(35)20-7-9-26-27(12-20)40(36,37)11-10-38-26/h3-9,12-14,18-19H,10-11,15-17H2,1-2H3,(H,31,35)/t18-,19+. The van der Waals surface area contributed by atoms with Crippen molar-refractivity contribution in [2.45, 2.75) is 37.5 Å². The van der Waals surface area contributed by atoms with Crippen molar-refractivity contribution in [1.82, 2.24) is 20.3 Å². The SMILES string of the molecule is C[C@@H]1CN(c2cccc(-c3ccc4cnc(CNC(=O)c5ccc6c(c5)S(=O)(=O)CCO6)cc4n3)n2)C[C@H](C)O1. The number of nitrogens with one attached hydrogen (secondary N) is 1. The largest absolute Gasteiger partial charge is 0.491 e. The molecule has 2 atom stereocenters. The summed E-state index contributed by atoms with van der Waals surface area (Å²) in [7, 11) is -3.47. The zero-order valence-electron chi connectivity index (χ0n) is 22.2. The van der Waals surface area contributed by atoms with Gasteiger partial charge in [-0.15, -0.1) is 0 Å². The van der Waals surface area contributed by atoms with E-state index in [1.165, 1.54) is 12.1 Å². The summed E-state index contributed by atoms with van der Waals surface area (Å²) in [4.78, 5) is 29.3. The normalized spacial score (nSPS) is 20.0. The molecule has 0 radical (unpaired) electrons. The van der Waals surface area contributed by atoms with E-state index in [0.29, 0.717) is 5.69 Å². The van der Waals surface area contributed by atoms with Crippen LogP contribution in [0.4, 0.5) is 5.82 Å². The topological polar surface area (TPSA) is 124 Å². The van der Waals surface area contributed by atoms with Gasteiger partial charge in [-0.3, -0.25) is 9.78 Å². The lowest BCUT2D eigenvalue weighted by atomic mass is 10.1. The van der Waals surface area contributed by atoms with Crippen molar-refractivity contribution in [1.29, 1.82) is 0 Å². The average Bonchev–Trinajstić information content (AvgIpc) is 2.95. The number of hydrogen-bond donors (Lipinski definition) is 1. The number of fused-ring (bicyclic) bond motifs is 2. The van der Waals surface area contributed by atoms with E-state index >= 15 is 0 Å². The van der Waals surface area contributed by atoms with Crippen molar-refractivity contribution >= 4 is 32.5 Å². The average molecular weight is 560 g/mol. The van der Waals surface area contributed by atoms with Crippen LogP contribution in [0.25, 0.3) is 22.3 Å². The summed E-state index contributed by atoms with van der Waals surface area (Å²) in [6, 6.07) is 16.1. The Bertz CT molecular complexity index is 1700. The molecule has 10 nitrogen and oxygen atoms in total. The van der Waals surface area contributed by atoms with Crippen LogP contribution in [-0.2, 0) is 21.1 Å². The Kier molecular flexibility index (Phi) is 6.85. The molecule has 4 aromatic rings. The van der Waals surface area contributed by atoms with Gasteiger partial charge in [-0.2, -0.15) is 0 Å². The minimum atomic E-state index is -3.47. The Morgan fingerprint density at radius 2 is 1.82 bits per heavy atom. The first-order valence-corrected chi connectivity index (χ1v) is 14.8. The first-order chi connectivity index (χ1) is 19.2. The van der Waals surface area contributed by atoms with Crippen molar-refractivity contribution in [3.63, 3.8) is 0 Å². The van der Waals surface area contributed by atoms with E-state index in [0.717, 1.165) is 41.2 Å². The molecule has 40 heavy (non-hydrogen) atoms. The van der Waals surface area contributed by atoms with Gasteiger partial charge in [-0.1, -0.05) is 6.07 Å². The maximum Gasteiger partial charge on any atom is 0.251 e. The van der Waals surface area contributed by atoms with Crippen molar-refractivity contribution in [3.05, 3.63) is 72.1 Å². The number of sulfone groups is 1. The fourth-order valence-electron chi connectivity index (χ4n) is 5.06. The molecule has 1 aromatic carbocycles. The number of rotatable bonds is 5. The van der Waals surface area contributed by atoms with Crippen LogP contribution in [0.15, 0.2) is 65.7 Å². The van der Waals surface area contributed by atoms with Crippen molar-refractivity contribution in [2.24, 2.45) is 0 Å². The highest BCUT2D eigenvalue weighted by Gasteiger charge is 2.26. The minimum Gasteiger partial charge on any atom is -0.491 e. The number of hydrogen-bond acceptors (Lipinski definition) is 9. The third-order valence-corrected chi connectivity index (χ3v) is 8.64. The molecule has 206 valence electrons. The Hall–Kier alpha value is -4.09. The number of carbonyl (C=O) groups excluding carboxylic acids is 1. The molecule has 1 saturated heterocycles. The Labute approximate surface area is 232 Å².